The number of nitrogens with one attached hydrogen (secondary N) is 1. The second-order valence-corrected chi connectivity index (χ2v) is 3.73. The van der Waals surface area contributed by atoms with Crippen LogP contribution in [0.3, 0.4) is 0 Å². The molecular weight excluding hydrogens is 166 g/mol. The zero-order chi connectivity index (χ0) is 9.52. The van der Waals surface area contributed by atoms with E-state index in [9.17, 15) is 0 Å². The van der Waals surface area contributed by atoms with Crippen LogP contribution in [0.5, 0.6) is 0 Å². The summed E-state index contributed by atoms with van der Waals surface area (Å²) in [4.78, 5) is 0. The molecule has 0 aromatic carbocycles. The summed E-state index contributed by atoms with van der Waals surface area (Å²) in [5, 5.41) is 3.35. The summed E-state index contributed by atoms with van der Waals surface area (Å²) in [6, 6.07) is 0. The summed E-state index contributed by atoms with van der Waals surface area (Å²) >= 11 is 0. The lowest BCUT2D eigenvalue weighted by molar-refractivity contribution is -0.00364. The minimum atomic E-state index is 0.408. The van der Waals surface area contributed by atoms with Crippen molar-refractivity contribution in [3.05, 3.63) is 0 Å². The van der Waals surface area contributed by atoms with Crippen LogP contribution in [0.1, 0.15) is 19.8 Å². The molecule has 0 amide bonds. The van der Waals surface area contributed by atoms with Crippen molar-refractivity contribution in [3.8, 4) is 0 Å². The number of ether oxygens (including phenoxy) is 2. The number of hydrogen-bond acceptors (Lipinski definition) is 3. The van der Waals surface area contributed by atoms with Crippen molar-refractivity contribution in [1.82, 2.24) is 5.32 Å². The first-order chi connectivity index (χ1) is 6.34. The van der Waals surface area contributed by atoms with Crippen molar-refractivity contribution in [2.24, 2.45) is 5.92 Å². The largest absolute Gasteiger partial charge is 0.385 e. The molecule has 1 aliphatic rings. The maximum absolute atomic E-state index is 5.75. The van der Waals surface area contributed by atoms with E-state index in [0.29, 0.717) is 12.0 Å². The van der Waals surface area contributed by atoms with Crippen molar-refractivity contribution < 1.29 is 9.47 Å². The molecule has 0 aliphatic carbocycles. The molecule has 0 spiro atoms. The summed E-state index contributed by atoms with van der Waals surface area (Å²) in [6.45, 7) is 6.04. The van der Waals surface area contributed by atoms with E-state index in [1.165, 1.54) is 6.42 Å². The second kappa shape index (κ2) is 6.35. The van der Waals surface area contributed by atoms with Gasteiger partial charge in [0.05, 0.1) is 6.10 Å². The average molecular weight is 187 g/mol. The Kier molecular flexibility index (Phi) is 5.35. The molecule has 13 heavy (non-hydrogen) atoms. The molecule has 0 radical (unpaired) electrons. The molecule has 78 valence electrons. The fourth-order valence-electron chi connectivity index (χ4n) is 1.62. The van der Waals surface area contributed by atoms with E-state index in [2.05, 4.69) is 12.2 Å². The van der Waals surface area contributed by atoms with Crippen molar-refractivity contribution in [1.29, 1.82) is 0 Å². The van der Waals surface area contributed by atoms with Gasteiger partial charge in [0.2, 0.25) is 0 Å². The Hall–Kier alpha value is -0.120. The molecule has 2 atom stereocenters. The predicted octanol–water partition coefficient (Wildman–Crippen LogP) is 1.04. The summed E-state index contributed by atoms with van der Waals surface area (Å²) in [7, 11) is 1.73. The molecule has 1 aliphatic heterocycles. The Balaban J connectivity index is 2.05. The van der Waals surface area contributed by atoms with Gasteiger partial charge >= 0.3 is 0 Å². The Bertz CT molecular complexity index is 130. The van der Waals surface area contributed by atoms with Crippen LogP contribution in [0.2, 0.25) is 0 Å². The Morgan fingerprint density at radius 2 is 2.23 bits per heavy atom. The third kappa shape index (κ3) is 4.07. The molecule has 1 rings (SSSR count). The first-order valence-corrected chi connectivity index (χ1v) is 5.16. The van der Waals surface area contributed by atoms with Gasteiger partial charge in [0, 0.05) is 26.9 Å². The fourth-order valence-corrected chi connectivity index (χ4v) is 1.62. The smallest absolute Gasteiger partial charge is 0.0725 e. The molecule has 0 saturated carbocycles. The predicted molar refractivity (Wildman–Crippen MR) is 52.9 cm³/mol. The van der Waals surface area contributed by atoms with Crippen molar-refractivity contribution in [2.75, 3.05) is 33.4 Å². The van der Waals surface area contributed by atoms with Gasteiger partial charge in [-0.15, -0.1) is 0 Å². The maximum Gasteiger partial charge on any atom is 0.0725 e. The van der Waals surface area contributed by atoms with Gasteiger partial charge in [-0.05, 0) is 25.3 Å². The number of rotatable bonds is 5. The first kappa shape index (κ1) is 11.0. The van der Waals surface area contributed by atoms with E-state index in [-0.39, 0.29) is 0 Å². The molecule has 0 bridgehead atoms. The highest BCUT2D eigenvalue weighted by atomic mass is 16.5. The summed E-state index contributed by atoms with van der Waals surface area (Å²) in [5.41, 5.74) is 0. The molecular formula is C10H21NO2. The molecule has 0 aromatic heterocycles. The van der Waals surface area contributed by atoms with Gasteiger partial charge in [-0.25, -0.2) is 0 Å². The molecule has 3 nitrogen and oxygen atoms in total. The number of hydrogen-bond donors (Lipinski definition) is 1. The second-order valence-electron chi connectivity index (χ2n) is 3.73. The summed E-state index contributed by atoms with van der Waals surface area (Å²) in [6.07, 6.45) is 2.64. The van der Waals surface area contributed by atoms with Gasteiger partial charge in [0.25, 0.3) is 0 Å². The van der Waals surface area contributed by atoms with E-state index >= 15 is 0 Å². The van der Waals surface area contributed by atoms with Crippen molar-refractivity contribution in [3.63, 3.8) is 0 Å². The molecule has 3 heteroatoms. The Labute approximate surface area is 80.8 Å². The highest BCUT2D eigenvalue weighted by molar-refractivity contribution is 4.75. The zero-order valence-electron chi connectivity index (χ0n) is 8.71. The van der Waals surface area contributed by atoms with Crippen LogP contribution >= 0.6 is 0 Å². The van der Waals surface area contributed by atoms with Crippen molar-refractivity contribution in [2.45, 2.75) is 25.9 Å². The monoisotopic (exact) mass is 187 g/mol. The molecule has 2 unspecified atom stereocenters. The lowest BCUT2D eigenvalue weighted by atomic mass is 9.97. The van der Waals surface area contributed by atoms with E-state index in [1.54, 1.807) is 7.11 Å². The highest BCUT2D eigenvalue weighted by Gasteiger charge is 2.20. The van der Waals surface area contributed by atoms with E-state index in [1.807, 2.05) is 0 Å². The van der Waals surface area contributed by atoms with Gasteiger partial charge in [-0.3, -0.25) is 0 Å². The van der Waals surface area contributed by atoms with Crippen molar-refractivity contribution >= 4 is 0 Å². The lowest BCUT2D eigenvalue weighted by Gasteiger charge is -2.29. The van der Waals surface area contributed by atoms with E-state index < -0.39 is 0 Å². The average Bonchev–Trinajstić information content (AvgIpc) is 2.15. The van der Waals surface area contributed by atoms with Gasteiger partial charge in [0.1, 0.15) is 0 Å². The highest BCUT2D eigenvalue weighted by Crippen LogP contribution is 2.14. The van der Waals surface area contributed by atoms with Crippen LogP contribution in [0.4, 0.5) is 0 Å². The topological polar surface area (TPSA) is 30.5 Å². The summed E-state index contributed by atoms with van der Waals surface area (Å²) < 4.78 is 10.7. The normalized spacial score (nSPS) is 29.1. The van der Waals surface area contributed by atoms with Gasteiger partial charge in [-0.1, -0.05) is 6.92 Å². The number of methoxy groups -OCH3 is 1. The lowest BCUT2D eigenvalue weighted by Crippen LogP contribution is -2.41. The zero-order valence-corrected chi connectivity index (χ0v) is 8.71. The van der Waals surface area contributed by atoms with Crippen LogP contribution in [0, 0.1) is 5.92 Å². The third-order valence-corrected chi connectivity index (χ3v) is 2.58. The van der Waals surface area contributed by atoms with E-state index in [0.717, 1.165) is 32.7 Å². The molecule has 1 saturated heterocycles. The quantitative estimate of drug-likeness (QED) is 0.652. The van der Waals surface area contributed by atoms with Crippen LogP contribution in [0.15, 0.2) is 0 Å². The molecule has 1 fully saturated rings. The molecule has 0 aromatic rings. The molecule has 1 heterocycles. The fraction of sp³-hybridized carbons (Fsp3) is 1.00. The van der Waals surface area contributed by atoms with Gasteiger partial charge < -0.3 is 14.8 Å². The van der Waals surface area contributed by atoms with Crippen LogP contribution in [-0.4, -0.2) is 39.5 Å². The van der Waals surface area contributed by atoms with Crippen LogP contribution < -0.4 is 5.32 Å². The Morgan fingerprint density at radius 1 is 1.38 bits per heavy atom. The van der Waals surface area contributed by atoms with E-state index in [4.69, 9.17) is 9.47 Å². The Morgan fingerprint density at radius 3 is 2.92 bits per heavy atom. The minimum absolute atomic E-state index is 0.408. The van der Waals surface area contributed by atoms with Crippen LogP contribution in [-0.2, 0) is 9.47 Å². The minimum Gasteiger partial charge on any atom is -0.385 e. The maximum atomic E-state index is 5.75. The summed E-state index contributed by atoms with van der Waals surface area (Å²) in [5.74, 6) is 0.698. The van der Waals surface area contributed by atoms with Gasteiger partial charge in [0.15, 0.2) is 0 Å². The SMILES string of the molecule is COCCCOC1CNCCC1C. The number of piperidine rings is 1. The molecule has 1 N–H and O–H groups in total. The standard InChI is InChI=1S/C10H21NO2/c1-9-4-5-11-8-10(9)13-7-3-6-12-2/h9-11H,3-8H2,1-2H3. The third-order valence-electron chi connectivity index (χ3n) is 2.58. The first-order valence-electron chi connectivity index (χ1n) is 5.16. The van der Waals surface area contributed by atoms with Crippen LogP contribution in [0.25, 0.3) is 0 Å². The van der Waals surface area contributed by atoms with Gasteiger partial charge in [-0.2, -0.15) is 0 Å².